The van der Waals surface area contributed by atoms with Crippen LogP contribution in [0.5, 0.6) is 0 Å². The molecule has 0 spiro atoms. The number of nitrogens with one attached hydrogen (secondary N) is 1. The van der Waals surface area contributed by atoms with Gasteiger partial charge in [0.15, 0.2) is 9.84 Å². The highest BCUT2D eigenvalue weighted by molar-refractivity contribution is 9.10. The van der Waals surface area contributed by atoms with Gasteiger partial charge in [0, 0.05) is 4.47 Å². The molecule has 3 aliphatic rings. The van der Waals surface area contributed by atoms with Gasteiger partial charge in [0.25, 0.3) is 0 Å². The summed E-state index contributed by atoms with van der Waals surface area (Å²) < 4.78 is 72.1. The molecule has 2 N–H and O–H groups in total. The zero-order chi connectivity index (χ0) is 32.4. The molecule has 4 rings (SSSR count). The number of nitriles is 1. The van der Waals surface area contributed by atoms with Gasteiger partial charge in [0.05, 0.1) is 39.9 Å². The molecule has 7 nitrogen and oxygen atoms in total. The standard InChI is InChI=1S/C18H20BrF3O5S.C14H26N2/c19-10-5-6-16(14(7-10)18(20,21)22)28(25,26)12-8-13(17(23)24)15(9-12)27-11-3-1-2-4-11;1-2-3-4-5-6-7-8-9-12-16-14(13-15)10-11-14/h5-7,11-13,15H,1-4,8-9H2,(H,23,24);16H,2-12H2,1H3/t12-,13-,15-;/m0./s1. The molecule has 1 aromatic carbocycles. The van der Waals surface area contributed by atoms with Crippen molar-refractivity contribution in [1.82, 2.24) is 5.32 Å². The number of unbranched alkanes of at least 4 members (excludes halogenated alkanes) is 7. The number of rotatable bonds is 15. The van der Waals surface area contributed by atoms with Gasteiger partial charge in [-0.1, -0.05) is 80.6 Å². The molecular formula is C32H46BrF3N2O5S. The van der Waals surface area contributed by atoms with Crippen LogP contribution >= 0.6 is 15.9 Å². The van der Waals surface area contributed by atoms with E-state index in [1.54, 1.807) is 0 Å². The first-order valence-electron chi connectivity index (χ1n) is 16.0. The fourth-order valence-corrected chi connectivity index (χ4v) is 8.44. The lowest BCUT2D eigenvalue weighted by Gasteiger charge is -2.21. The number of carbonyl (C=O) groups is 1. The summed E-state index contributed by atoms with van der Waals surface area (Å²) in [5.41, 5.74) is -1.37. The second kappa shape index (κ2) is 16.8. The second-order valence-electron chi connectivity index (χ2n) is 12.4. The third-order valence-corrected chi connectivity index (χ3v) is 11.6. The zero-order valence-corrected chi connectivity index (χ0v) is 27.9. The Kier molecular flexibility index (Phi) is 14.0. The Bertz CT molecular complexity index is 1230. The summed E-state index contributed by atoms with van der Waals surface area (Å²) >= 11 is 2.93. The van der Waals surface area contributed by atoms with Crippen molar-refractivity contribution in [1.29, 1.82) is 5.26 Å². The predicted octanol–water partition coefficient (Wildman–Crippen LogP) is 8.21. The highest BCUT2D eigenvalue weighted by Gasteiger charge is 2.48. The topological polar surface area (TPSA) is 116 Å². The van der Waals surface area contributed by atoms with Gasteiger partial charge in [-0.3, -0.25) is 10.1 Å². The Morgan fingerprint density at radius 3 is 2.25 bits per heavy atom. The lowest BCUT2D eigenvalue weighted by molar-refractivity contribution is -0.147. The van der Waals surface area contributed by atoms with Gasteiger partial charge in [-0.25, -0.2) is 8.42 Å². The maximum Gasteiger partial charge on any atom is 0.417 e. The quantitative estimate of drug-likeness (QED) is 0.177. The number of carboxylic acid groups (broad SMARTS) is 1. The Hall–Kier alpha value is -1.68. The first-order chi connectivity index (χ1) is 20.8. The highest BCUT2D eigenvalue weighted by Crippen LogP contribution is 2.42. The number of hydrogen-bond acceptors (Lipinski definition) is 6. The highest BCUT2D eigenvalue weighted by atomic mass is 79.9. The van der Waals surface area contributed by atoms with Gasteiger partial charge in [-0.15, -0.1) is 0 Å². The molecule has 0 unspecified atom stereocenters. The Morgan fingerprint density at radius 2 is 1.70 bits per heavy atom. The minimum atomic E-state index is -4.85. The van der Waals surface area contributed by atoms with Crippen molar-refractivity contribution in [3.63, 3.8) is 0 Å². The van der Waals surface area contributed by atoms with Crippen LogP contribution in [0.1, 0.15) is 115 Å². The monoisotopic (exact) mass is 706 g/mol. The normalized spacial score (nSPS) is 23.1. The molecule has 1 aromatic rings. The summed E-state index contributed by atoms with van der Waals surface area (Å²) in [7, 11) is -4.39. The summed E-state index contributed by atoms with van der Waals surface area (Å²) in [5, 5.41) is 20.5. The van der Waals surface area contributed by atoms with E-state index < -0.39 is 49.7 Å². The average molecular weight is 708 g/mol. The lowest BCUT2D eigenvalue weighted by atomic mass is 10.1. The molecule has 3 fully saturated rings. The van der Waals surface area contributed by atoms with Gasteiger partial charge in [-0.2, -0.15) is 18.4 Å². The molecule has 248 valence electrons. The molecule has 0 saturated heterocycles. The fourth-order valence-electron chi connectivity index (χ4n) is 6.08. The van der Waals surface area contributed by atoms with E-state index in [2.05, 4.69) is 34.2 Å². The Morgan fingerprint density at radius 1 is 1.09 bits per heavy atom. The van der Waals surface area contributed by atoms with E-state index in [1.807, 2.05) is 0 Å². The van der Waals surface area contributed by atoms with Crippen LogP contribution < -0.4 is 5.32 Å². The number of carboxylic acids is 1. The number of benzene rings is 1. The fraction of sp³-hybridized carbons (Fsp3) is 0.750. The summed E-state index contributed by atoms with van der Waals surface area (Å²) in [4.78, 5) is 10.8. The maximum absolute atomic E-state index is 13.4. The van der Waals surface area contributed by atoms with E-state index >= 15 is 0 Å². The smallest absolute Gasteiger partial charge is 0.417 e. The molecule has 0 bridgehead atoms. The minimum absolute atomic E-state index is 0.107. The first-order valence-corrected chi connectivity index (χ1v) is 18.3. The van der Waals surface area contributed by atoms with Crippen LogP contribution in [0.25, 0.3) is 0 Å². The largest absolute Gasteiger partial charge is 0.481 e. The second-order valence-corrected chi connectivity index (χ2v) is 15.5. The summed E-state index contributed by atoms with van der Waals surface area (Å²) in [6, 6.07) is 5.25. The van der Waals surface area contributed by atoms with Crippen LogP contribution in [0.3, 0.4) is 0 Å². The van der Waals surface area contributed by atoms with E-state index in [0.717, 1.165) is 57.2 Å². The average Bonchev–Trinajstić information content (AvgIpc) is 3.33. The molecule has 0 radical (unpaired) electrons. The molecule has 0 aromatic heterocycles. The molecule has 12 heteroatoms. The van der Waals surface area contributed by atoms with Crippen LogP contribution in [0.15, 0.2) is 27.6 Å². The number of sulfone groups is 1. The van der Waals surface area contributed by atoms with Crippen molar-refractivity contribution in [3.8, 4) is 6.07 Å². The molecule has 0 aliphatic heterocycles. The van der Waals surface area contributed by atoms with Crippen LogP contribution in [0.2, 0.25) is 0 Å². The van der Waals surface area contributed by atoms with Crippen LogP contribution in [0, 0.1) is 17.2 Å². The Labute approximate surface area is 268 Å². The number of ether oxygens (including phenoxy) is 1. The van der Waals surface area contributed by atoms with Crippen molar-refractivity contribution in [2.24, 2.45) is 5.92 Å². The van der Waals surface area contributed by atoms with Gasteiger partial charge in [-0.05, 0) is 69.7 Å². The van der Waals surface area contributed by atoms with Crippen LogP contribution in [0.4, 0.5) is 13.2 Å². The minimum Gasteiger partial charge on any atom is -0.481 e. The van der Waals surface area contributed by atoms with Crippen molar-refractivity contribution in [3.05, 3.63) is 28.2 Å². The third-order valence-electron chi connectivity index (χ3n) is 8.90. The SMILES string of the molecule is CCCCCCCCCCNC1(C#N)CC1.O=C(O)[C@H]1C[C@H](S(=O)(=O)c2ccc(Br)cc2C(F)(F)F)C[C@@H]1OC1CCCC1. The molecule has 0 amide bonds. The van der Waals surface area contributed by atoms with Gasteiger partial charge in [0.1, 0.15) is 5.54 Å². The van der Waals surface area contributed by atoms with E-state index in [0.29, 0.717) is 0 Å². The number of alkyl halides is 3. The summed E-state index contributed by atoms with van der Waals surface area (Å²) in [6.45, 7) is 3.29. The number of halogens is 4. The van der Waals surface area contributed by atoms with Crippen molar-refractivity contribution in [2.75, 3.05) is 6.54 Å². The molecule has 44 heavy (non-hydrogen) atoms. The van der Waals surface area contributed by atoms with Crippen molar-refractivity contribution in [2.45, 2.75) is 144 Å². The van der Waals surface area contributed by atoms with E-state index in [9.17, 15) is 31.5 Å². The van der Waals surface area contributed by atoms with Gasteiger partial charge in [0.2, 0.25) is 0 Å². The molecule has 3 aliphatic carbocycles. The van der Waals surface area contributed by atoms with Crippen molar-refractivity contribution < 1.29 is 36.2 Å². The lowest BCUT2D eigenvalue weighted by Crippen LogP contribution is -2.30. The van der Waals surface area contributed by atoms with Gasteiger partial charge < -0.3 is 9.84 Å². The molecule has 3 atom stereocenters. The van der Waals surface area contributed by atoms with Crippen LogP contribution in [-0.2, 0) is 25.5 Å². The zero-order valence-electron chi connectivity index (χ0n) is 25.5. The van der Waals surface area contributed by atoms with E-state index in [-0.39, 0.29) is 29.0 Å². The maximum atomic E-state index is 13.4. The van der Waals surface area contributed by atoms with E-state index in [4.69, 9.17) is 10.00 Å². The predicted molar refractivity (Wildman–Crippen MR) is 166 cm³/mol. The summed E-state index contributed by atoms with van der Waals surface area (Å²) in [6.07, 6.45) is 10.3. The number of hydrogen-bond donors (Lipinski definition) is 2. The summed E-state index contributed by atoms with van der Waals surface area (Å²) in [5.74, 6) is -2.24. The molecule has 0 heterocycles. The van der Waals surface area contributed by atoms with E-state index in [1.165, 1.54) is 57.4 Å². The van der Waals surface area contributed by atoms with Gasteiger partial charge >= 0.3 is 12.1 Å². The number of nitrogens with zero attached hydrogens (tertiary/aromatic N) is 1. The first kappa shape index (κ1) is 36.8. The molecular weight excluding hydrogens is 661 g/mol. The van der Waals surface area contributed by atoms with Crippen LogP contribution in [-0.4, -0.2) is 49.0 Å². The van der Waals surface area contributed by atoms with Crippen molar-refractivity contribution >= 4 is 31.7 Å². The third kappa shape index (κ3) is 10.7. The Balaban J connectivity index is 0.000000281. The number of aliphatic carboxylic acids is 1. The molecule has 3 saturated carbocycles.